The molecule has 32 heavy (non-hydrogen) atoms. The van der Waals surface area contributed by atoms with E-state index in [0.29, 0.717) is 41.5 Å². The van der Waals surface area contributed by atoms with Crippen LogP contribution in [0.2, 0.25) is 0 Å². The Kier molecular flexibility index (Phi) is 6.90. The van der Waals surface area contributed by atoms with Crippen LogP contribution in [0.25, 0.3) is 0 Å². The zero-order valence-corrected chi connectivity index (χ0v) is 19.5. The number of nitrogens with one attached hydrogen (secondary N) is 1. The SMILES string of the molecule is CCOP(=O)(Cc1ccc(NC(=O)[C@@H]2SCC(=O)c3cc4c(cc32)OCO4)cc1)OCC. The zero-order valence-electron chi connectivity index (χ0n) is 17.8. The molecule has 1 atom stereocenters. The first-order valence-electron chi connectivity index (χ1n) is 10.3. The van der Waals surface area contributed by atoms with Crippen molar-refractivity contribution >= 4 is 36.7 Å². The van der Waals surface area contributed by atoms with Gasteiger partial charge in [0, 0.05) is 11.3 Å². The highest BCUT2D eigenvalue weighted by atomic mass is 32.2. The molecule has 0 radical (unpaired) electrons. The molecular weight excluding hydrogens is 453 g/mol. The van der Waals surface area contributed by atoms with E-state index in [9.17, 15) is 14.2 Å². The number of thioether (sulfide) groups is 1. The molecule has 0 fully saturated rings. The Morgan fingerprint density at radius 3 is 2.44 bits per heavy atom. The second-order valence-corrected chi connectivity index (χ2v) is 10.3. The van der Waals surface area contributed by atoms with Gasteiger partial charge in [0.25, 0.3) is 0 Å². The van der Waals surface area contributed by atoms with Crippen LogP contribution in [0.1, 0.15) is 40.6 Å². The van der Waals surface area contributed by atoms with Gasteiger partial charge < -0.3 is 23.8 Å². The highest BCUT2D eigenvalue weighted by Crippen LogP contribution is 2.51. The topological polar surface area (TPSA) is 100 Å². The fraction of sp³-hybridized carbons (Fsp3) is 0.364. The smallest absolute Gasteiger partial charge is 0.335 e. The van der Waals surface area contributed by atoms with Gasteiger partial charge in [-0.25, -0.2) is 0 Å². The molecule has 0 bridgehead atoms. The van der Waals surface area contributed by atoms with E-state index in [1.165, 1.54) is 11.8 Å². The van der Waals surface area contributed by atoms with E-state index in [0.717, 1.165) is 5.56 Å². The van der Waals surface area contributed by atoms with Crippen molar-refractivity contribution in [2.75, 3.05) is 31.1 Å². The molecule has 0 spiro atoms. The minimum absolute atomic E-state index is 0.0373. The van der Waals surface area contributed by atoms with E-state index in [-0.39, 0.29) is 30.4 Å². The summed E-state index contributed by atoms with van der Waals surface area (Å²) in [5.41, 5.74) is 2.50. The molecule has 1 N–H and O–H groups in total. The molecule has 0 saturated heterocycles. The molecule has 0 aliphatic carbocycles. The third kappa shape index (κ3) is 4.86. The number of anilines is 1. The number of carbonyl (C=O) groups is 2. The number of rotatable bonds is 8. The van der Waals surface area contributed by atoms with Gasteiger partial charge in [0.2, 0.25) is 12.7 Å². The number of hydrogen-bond acceptors (Lipinski definition) is 8. The van der Waals surface area contributed by atoms with Crippen molar-refractivity contribution in [1.29, 1.82) is 0 Å². The number of amides is 1. The van der Waals surface area contributed by atoms with Crippen LogP contribution in [0.4, 0.5) is 5.69 Å². The van der Waals surface area contributed by atoms with Gasteiger partial charge in [-0.3, -0.25) is 14.2 Å². The summed E-state index contributed by atoms with van der Waals surface area (Å²) in [5, 5.41) is 2.35. The van der Waals surface area contributed by atoms with Crippen molar-refractivity contribution in [3.8, 4) is 11.5 Å². The summed E-state index contributed by atoms with van der Waals surface area (Å²) in [7, 11) is -3.20. The van der Waals surface area contributed by atoms with Crippen molar-refractivity contribution in [2.24, 2.45) is 0 Å². The third-order valence-electron chi connectivity index (χ3n) is 5.00. The average Bonchev–Trinajstić information content (AvgIpc) is 3.22. The molecular formula is C22H24NO7PS. The Morgan fingerprint density at radius 2 is 1.78 bits per heavy atom. The molecule has 0 saturated carbocycles. The Labute approximate surface area is 190 Å². The summed E-state index contributed by atoms with van der Waals surface area (Å²) in [5.74, 6) is 1.01. The molecule has 0 unspecified atom stereocenters. The van der Waals surface area contributed by atoms with Crippen LogP contribution in [0, 0.1) is 0 Å². The molecule has 1 amide bonds. The van der Waals surface area contributed by atoms with Crippen LogP contribution >= 0.6 is 19.4 Å². The van der Waals surface area contributed by atoms with Gasteiger partial charge in [-0.1, -0.05) is 12.1 Å². The minimum Gasteiger partial charge on any atom is -0.454 e. The fourth-order valence-electron chi connectivity index (χ4n) is 3.61. The summed E-state index contributed by atoms with van der Waals surface area (Å²) in [4.78, 5) is 25.4. The number of Topliss-reactive ketones (excluding diaryl/α,β-unsaturated/α-hetero) is 1. The molecule has 2 aliphatic heterocycles. The van der Waals surface area contributed by atoms with Gasteiger partial charge in [-0.2, -0.15) is 0 Å². The van der Waals surface area contributed by atoms with Crippen molar-refractivity contribution in [1.82, 2.24) is 0 Å². The molecule has 2 aromatic rings. The highest BCUT2D eigenvalue weighted by molar-refractivity contribution is 8.01. The van der Waals surface area contributed by atoms with Gasteiger partial charge in [0.05, 0.1) is 25.1 Å². The highest BCUT2D eigenvalue weighted by Gasteiger charge is 2.34. The summed E-state index contributed by atoms with van der Waals surface area (Å²) in [6.07, 6.45) is 0.157. The Hall–Kier alpha value is -2.32. The first-order chi connectivity index (χ1) is 15.4. The van der Waals surface area contributed by atoms with Gasteiger partial charge >= 0.3 is 7.60 Å². The Balaban J connectivity index is 1.48. The zero-order chi connectivity index (χ0) is 22.7. The van der Waals surface area contributed by atoms with Gasteiger partial charge in [0.1, 0.15) is 5.25 Å². The molecule has 8 nitrogen and oxygen atoms in total. The lowest BCUT2D eigenvalue weighted by atomic mass is 9.99. The molecule has 4 rings (SSSR count). The molecule has 2 aromatic carbocycles. The van der Waals surface area contributed by atoms with Crippen molar-refractivity contribution < 1.29 is 32.7 Å². The largest absolute Gasteiger partial charge is 0.454 e. The molecule has 2 aliphatic rings. The fourth-order valence-corrected chi connectivity index (χ4v) is 6.37. The summed E-state index contributed by atoms with van der Waals surface area (Å²) in [6, 6.07) is 10.4. The monoisotopic (exact) mass is 477 g/mol. The van der Waals surface area contributed by atoms with Gasteiger partial charge in [-0.15, -0.1) is 11.8 Å². The van der Waals surface area contributed by atoms with E-state index in [1.807, 2.05) is 0 Å². The lowest BCUT2D eigenvalue weighted by molar-refractivity contribution is -0.115. The number of carbonyl (C=O) groups excluding carboxylic acids is 2. The predicted octanol–water partition coefficient (Wildman–Crippen LogP) is 4.79. The molecule has 2 heterocycles. The predicted molar refractivity (Wildman–Crippen MR) is 122 cm³/mol. The Bertz CT molecular complexity index is 1060. The first kappa shape index (κ1) is 22.9. The van der Waals surface area contributed by atoms with E-state index in [2.05, 4.69) is 5.32 Å². The van der Waals surface area contributed by atoms with E-state index < -0.39 is 12.8 Å². The maximum absolute atomic E-state index is 13.0. The van der Waals surface area contributed by atoms with Crippen molar-refractivity contribution in [3.05, 3.63) is 53.1 Å². The van der Waals surface area contributed by atoms with Crippen LogP contribution in [0.3, 0.4) is 0 Å². The quantitative estimate of drug-likeness (QED) is 0.542. The van der Waals surface area contributed by atoms with Crippen LogP contribution in [0.15, 0.2) is 36.4 Å². The summed E-state index contributed by atoms with van der Waals surface area (Å²) >= 11 is 1.28. The van der Waals surface area contributed by atoms with Gasteiger partial charge in [0.15, 0.2) is 17.3 Å². The van der Waals surface area contributed by atoms with Crippen molar-refractivity contribution in [3.63, 3.8) is 0 Å². The maximum Gasteiger partial charge on any atom is 0.335 e. The maximum atomic E-state index is 13.0. The van der Waals surface area contributed by atoms with Crippen LogP contribution in [0.5, 0.6) is 11.5 Å². The van der Waals surface area contributed by atoms with Crippen LogP contribution in [-0.4, -0.2) is 37.4 Å². The number of benzene rings is 2. The summed E-state index contributed by atoms with van der Waals surface area (Å²) < 4.78 is 34.2. The van der Waals surface area contributed by atoms with E-state index >= 15 is 0 Å². The molecule has 0 aromatic heterocycles. The number of hydrogen-bond donors (Lipinski definition) is 1. The lowest BCUT2D eigenvalue weighted by Gasteiger charge is -2.24. The van der Waals surface area contributed by atoms with E-state index in [1.54, 1.807) is 50.2 Å². The number of ketones is 1. The Morgan fingerprint density at radius 1 is 1.12 bits per heavy atom. The lowest BCUT2D eigenvalue weighted by Crippen LogP contribution is -2.25. The standard InChI is InChI=1S/C22H24NO7PS/c1-3-29-31(26,30-4-2)11-14-5-7-15(8-6-14)23-22(25)21-17-10-20-19(27-13-28-20)9-16(17)18(24)12-32-21/h5-10,21H,3-4,11-13H2,1-2H3,(H,23,25)/t21-/m1/s1. The van der Waals surface area contributed by atoms with Crippen molar-refractivity contribution in [2.45, 2.75) is 25.3 Å². The third-order valence-corrected chi connectivity index (χ3v) is 8.28. The van der Waals surface area contributed by atoms with Gasteiger partial charge in [-0.05, 0) is 49.2 Å². The second-order valence-electron chi connectivity index (χ2n) is 7.20. The number of ether oxygens (including phenoxy) is 2. The minimum atomic E-state index is -3.20. The normalized spacial score (nSPS) is 17.2. The second kappa shape index (κ2) is 9.67. The average molecular weight is 477 g/mol. The summed E-state index contributed by atoms with van der Waals surface area (Å²) in [6.45, 7) is 4.24. The first-order valence-corrected chi connectivity index (χ1v) is 13.1. The number of fused-ring (bicyclic) bond motifs is 2. The molecule has 10 heteroatoms. The van der Waals surface area contributed by atoms with Crippen LogP contribution < -0.4 is 14.8 Å². The van der Waals surface area contributed by atoms with E-state index in [4.69, 9.17) is 18.5 Å². The van der Waals surface area contributed by atoms with Crippen LogP contribution in [-0.2, 0) is 24.6 Å². The molecule has 170 valence electrons.